The van der Waals surface area contributed by atoms with E-state index in [-0.39, 0.29) is 11.9 Å². The fourth-order valence-electron chi connectivity index (χ4n) is 3.19. The lowest BCUT2D eigenvalue weighted by atomic mass is 10.0. The number of carbonyl (C=O) groups is 1. The second-order valence-electron chi connectivity index (χ2n) is 6.25. The maximum atomic E-state index is 12.5. The van der Waals surface area contributed by atoms with E-state index in [1.807, 2.05) is 36.5 Å². The predicted molar refractivity (Wildman–Crippen MR) is 92.8 cm³/mol. The van der Waals surface area contributed by atoms with Crippen molar-refractivity contribution in [2.45, 2.75) is 33.2 Å². The van der Waals surface area contributed by atoms with Gasteiger partial charge in [0.25, 0.3) is 0 Å². The Hall–Kier alpha value is -2.20. The molecule has 0 bridgehead atoms. The standard InChI is InChI=1S/C19H23N3O/c1-4-21-17(14(2)3)12-19(23)22(21)18-11-10-16(13-20-18)15-8-6-5-7-9-15/h5-11,13-14,17H,4,12H2,1-3H3. The van der Waals surface area contributed by atoms with Crippen LogP contribution in [0.2, 0.25) is 0 Å². The first-order valence-corrected chi connectivity index (χ1v) is 8.22. The van der Waals surface area contributed by atoms with Crippen molar-refractivity contribution in [2.24, 2.45) is 5.92 Å². The summed E-state index contributed by atoms with van der Waals surface area (Å²) in [5.74, 6) is 1.28. The van der Waals surface area contributed by atoms with Gasteiger partial charge >= 0.3 is 0 Å². The van der Waals surface area contributed by atoms with Crippen molar-refractivity contribution in [1.29, 1.82) is 0 Å². The number of benzene rings is 1. The number of carbonyl (C=O) groups excluding carboxylic acids is 1. The summed E-state index contributed by atoms with van der Waals surface area (Å²) in [5.41, 5.74) is 2.19. The van der Waals surface area contributed by atoms with Crippen molar-refractivity contribution in [3.05, 3.63) is 48.7 Å². The lowest BCUT2D eigenvalue weighted by molar-refractivity contribution is -0.118. The molecule has 4 nitrogen and oxygen atoms in total. The van der Waals surface area contributed by atoms with Gasteiger partial charge in [0.1, 0.15) is 5.82 Å². The van der Waals surface area contributed by atoms with Crippen LogP contribution >= 0.6 is 0 Å². The maximum Gasteiger partial charge on any atom is 0.244 e. The van der Waals surface area contributed by atoms with E-state index in [0.717, 1.165) is 17.7 Å². The molecule has 0 aliphatic carbocycles. The summed E-state index contributed by atoms with van der Waals surface area (Å²) in [6.45, 7) is 7.21. The Labute approximate surface area is 137 Å². The topological polar surface area (TPSA) is 36.4 Å². The minimum Gasteiger partial charge on any atom is -0.273 e. The molecule has 0 saturated carbocycles. The Kier molecular flexibility index (Phi) is 4.44. The summed E-state index contributed by atoms with van der Waals surface area (Å²) in [6.07, 6.45) is 2.40. The molecule has 1 aliphatic heterocycles. The molecule has 2 heterocycles. The summed E-state index contributed by atoms with van der Waals surface area (Å²) < 4.78 is 0. The van der Waals surface area contributed by atoms with Gasteiger partial charge < -0.3 is 0 Å². The molecule has 0 radical (unpaired) electrons. The lowest BCUT2D eigenvalue weighted by Crippen LogP contribution is -2.44. The second kappa shape index (κ2) is 6.50. The molecule has 0 spiro atoms. The fraction of sp³-hybridized carbons (Fsp3) is 0.368. The average Bonchev–Trinajstić information content (AvgIpc) is 2.92. The molecule has 1 aromatic carbocycles. The first kappa shape index (κ1) is 15.7. The van der Waals surface area contributed by atoms with E-state index < -0.39 is 0 Å². The molecule has 1 fully saturated rings. The average molecular weight is 309 g/mol. The van der Waals surface area contributed by atoms with Gasteiger partial charge in [0.15, 0.2) is 0 Å². The van der Waals surface area contributed by atoms with Crippen molar-refractivity contribution in [3.63, 3.8) is 0 Å². The van der Waals surface area contributed by atoms with Gasteiger partial charge in [-0.1, -0.05) is 51.1 Å². The van der Waals surface area contributed by atoms with Gasteiger partial charge in [-0.15, -0.1) is 0 Å². The van der Waals surface area contributed by atoms with Gasteiger partial charge in [0, 0.05) is 30.8 Å². The van der Waals surface area contributed by atoms with Crippen molar-refractivity contribution in [3.8, 4) is 11.1 Å². The first-order chi connectivity index (χ1) is 11.1. The molecule has 120 valence electrons. The zero-order chi connectivity index (χ0) is 16.4. The van der Waals surface area contributed by atoms with Gasteiger partial charge in [-0.2, -0.15) is 0 Å². The van der Waals surface area contributed by atoms with Gasteiger partial charge in [0.05, 0.1) is 0 Å². The Balaban J connectivity index is 1.88. The summed E-state index contributed by atoms with van der Waals surface area (Å²) in [7, 11) is 0. The lowest BCUT2D eigenvalue weighted by Gasteiger charge is -2.31. The van der Waals surface area contributed by atoms with Crippen LogP contribution in [-0.4, -0.2) is 28.5 Å². The van der Waals surface area contributed by atoms with Crippen LogP contribution in [0.4, 0.5) is 5.82 Å². The number of aromatic nitrogens is 1. The molecule has 1 aliphatic rings. The number of amides is 1. The van der Waals surface area contributed by atoms with Crippen LogP contribution in [0.15, 0.2) is 48.7 Å². The van der Waals surface area contributed by atoms with Crippen LogP contribution in [-0.2, 0) is 4.79 Å². The highest BCUT2D eigenvalue weighted by Crippen LogP contribution is 2.30. The minimum absolute atomic E-state index is 0.130. The van der Waals surface area contributed by atoms with Crippen molar-refractivity contribution in [2.75, 3.05) is 11.6 Å². The third-order valence-corrected chi connectivity index (χ3v) is 4.43. The Morgan fingerprint density at radius 2 is 1.87 bits per heavy atom. The van der Waals surface area contributed by atoms with Gasteiger partial charge in [-0.05, 0) is 23.6 Å². The number of hydrazine groups is 1. The van der Waals surface area contributed by atoms with E-state index in [9.17, 15) is 4.79 Å². The molecule has 3 rings (SSSR count). The number of nitrogens with zero attached hydrogens (tertiary/aromatic N) is 3. The van der Waals surface area contributed by atoms with Crippen LogP contribution in [0.25, 0.3) is 11.1 Å². The molecule has 1 unspecified atom stereocenters. The highest BCUT2D eigenvalue weighted by molar-refractivity contribution is 5.94. The van der Waals surface area contributed by atoms with Crippen LogP contribution in [0, 0.1) is 5.92 Å². The third-order valence-electron chi connectivity index (χ3n) is 4.43. The van der Waals surface area contributed by atoms with E-state index in [4.69, 9.17) is 0 Å². The molecule has 2 aromatic rings. The second-order valence-corrected chi connectivity index (χ2v) is 6.25. The summed E-state index contributed by atoms with van der Waals surface area (Å²) >= 11 is 0. The molecule has 1 atom stereocenters. The summed E-state index contributed by atoms with van der Waals surface area (Å²) in [5, 5.41) is 3.89. The van der Waals surface area contributed by atoms with Crippen molar-refractivity contribution < 1.29 is 4.79 Å². The molecular formula is C19H23N3O. The van der Waals surface area contributed by atoms with Crippen LogP contribution in [0.5, 0.6) is 0 Å². The normalized spacial score (nSPS) is 18.9. The molecule has 4 heteroatoms. The predicted octanol–water partition coefficient (Wildman–Crippen LogP) is 3.75. The fourth-order valence-corrected chi connectivity index (χ4v) is 3.19. The van der Waals surface area contributed by atoms with E-state index in [2.05, 4.69) is 42.9 Å². The van der Waals surface area contributed by atoms with Crippen LogP contribution < -0.4 is 5.01 Å². The first-order valence-electron chi connectivity index (χ1n) is 8.22. The maximum absolute atomic E-state index is 12.5. The Morgan fingerprint density at radius 1 is 1.13 bits per heavy atom. The smallest absolute Gasteiger partial charge is 0.244 e. The molecule has 23 heavy (non-hydrogen) atoms. The van der Waals surface area contributed by atoms with Crippen molar-refractivity contribution >= 4 is 11.7 Å². The van der Waals surface area contributed by atoms with Crippen LogP contribution in [0.1, 0.15) is 27.2 Å². The number of hydrogen-bond acceptors (Lipinski definition) is 3. The zero-order valence-corrected chi connectivity index (χ0v) is 13.9. The van der Waals surface area contributed by atoms with E-state index in [1.165, 1.54) is 0 Å². The number of rotatable bonds is 4. The van der Waals surface area contributed by atoms with Crippen LogP contribution in [0.3, 0.4) is 0 Å². The molecule has 1 saturated heterocycles. The summed E-state index contributed by atoms with van der Waals surface area (Å²) in [4.78, 5) is 17.0. The largest absolute Gasteiger partial charge is 0.273 e. The van der Waals surface area contributed by atoms with Gasteiger partial charge in [-0.25, -0.2) is 15.0 Å². The molecule has 1 aromatic heterocycles. The number of pyridine rings is 1. The van der Waals surface area contributed by atoms with E-state index in [1.54, 1.807) is 5.01 Å². The van der Waals surface area contributed by atoms with Gasteiger partial charge in [-0.3, -0.25) is 4.79 Å². The number of hydrogen-bond donors (Lipinski definition) is 0. The summed E-state index contributed by atoms with van der Waals surface area (Å²) in [6, 6.07) is 14.4. The molecule has 1 amide bonds. The molecular weight excluding hydrogens is 286 g/mol. The SMILES string of the molecule is CCN1C(C(C)C)CC(=O)N1c1ccc(-c2ccccc2)cn1. The monoisotopic (exact) mass is 309 g/mol. The Bertz CT molecular complexity index is 667. The van der Waals surface area contributed by atoms with E-state index >= 15 is 0 Å². The third kappa shape index (κ3) is 2.99. The molecule has 0 N–H and O–H groups in total. The Morgan fingerprint density at radius 3 is 2.43 bits per heavy atom. The zero-order valence-electron chi connectivity index (χ0n) is 13.9. The quantitative estimate of drug-likeness (QED) is 0.863. The minimum atomic E-state index is 0.130. The number of anilines is 1. The highest BCUT2D eigenvalue weighted by atomic mass is 16.2. The highest BCUT2D eigenvalue weighted by Gasteiger charge is 2.39. The van der Waals surface area contributed by atoms with Crippen molar-refractivity contribution in [1.82, 2.24) is 9.99 Å². The van der Waals surface area contributed by atoms with E-state index in [0.29, 0.717) is 18.2 Å². The van der Waals surface area contributed by atoms with Gasteiger partial charge in [0.2, 0.25) is 5.91 Å².